The lowest BCUT2D eigenvalue weighted by atomic mass is 10.4. The normalized spacial score (nSPS) is 12.3. The quantitative estimate of drug-likeness (QED) is 0.254. The van der Waals surface area contributed by atoms with E-state index in [1.807, 2.05) is 0 Å². The van der Waals surface area contributed by atoms with Gasteiger partial charge in [0.2, 0.25) is 0 Å². The largest absolute Gasteiger partial charge is 0.238 e. The van der Waals surface area contributed by atoms with Crippen LogP contribution in [0.4, 0.5) is 0 Å². The van der Waals surface area contributed by atoms with Crippen molar-refractivity contribution in [3.8, 4) is 0 Å². The van der Waals surface area contributed by atoms with Gasteiger partial charge in [0, 0.05) is 6.90 Å². The molecule has 0 bridgehead atoms. The summed E-state index contributed by atoms with van der Waals surface area (Å²) in [6, 6.07) is 5.83. The summed E-state index contributed by atoms with van der Waals surface area (Å²) >= 11 is 7.32. The third-order valence-electron chi connectivity index (χ3n) is 4.15. The van der Waals surface area contributed by atoms with Crippen LogP contribution in [0.3, 0.4) is 0 Å². The first-order chi connectivity index (χ1) is 9.14. The monoisotopic (exact) mass is 319 g/mol. The van der Waals surface area contributed by atoms with Gasteiger partial charge >= 0.3 is 0 Å². The maximum Gasteiger partial charge on any atom is 0.000353 e. The van der Waals surface area contributed by atoms with E-state index in [4.69, 9.17) is 11.1 Å². The van der Waals surface area contributed by atoms with Gasteiger partial charge in [-0.3, -0.25) is 0 Å². The van der Waals surface area contributed by atoms with Gasteiger partial charge in [-0.05, 0) is 0 Å². The lowest BCUT2D eigenvalue weighted by molar-refractivity contribution is 0.830. The van der Waals surface area contributed by atoms with Gasteiger partial charge in [0.05, 0.1) is 0 Å². The van der Waals surface area contributed by atoms with Crippen LogP contribution < -0.4 is 0 Å². The Hall–Kier alpha value is 0.724. The van der Waals surface area contributed by atoms with Gasteiger partial charge in [-0.15, -0.1) is 0 Å². The third-order valence-corrected chi connectivity index (χ3v) is 20.0. The number of rotatable bonds is 13. The Balaban J connectivity index is 4.64. The van der Waals surface area contributed by atoms with Crippen LogP contribution in [0.2, 0.25) is 24.2 Å². The molecule has 116 valence electrons. The fourth-order valence-corrected chi connectivity index (χ4v) is 17.7. The molecule has 0 atom stereocenters. The Morgan fingerprint density at radius 2 is 1.05 bits per heavy atom. The van der Waals surface area contributed by atoms with Gasteiger partial charge in [-0.1, -0.05) is 91.1 Å². The molecule has 0 aromatic heterocycles. The molecule has 0 saturated carbocycles. The predicted octanol–water partition coefficient (Wildman–Crippen LogP) is 6.94. The van der Waals surface area contributed by atoms with Gasteiger partial charge in [0.15, 0.2) is 0 Å². The van der Waals surface area contributed by atoms with Crippen LogP contribution in [0.1, 0.15) is 79.1 Å². The van der Waals surface area contributed by atoms with E-state index >= 15 is 0 Å². The Morgan fingerprint density at radius 1 is 0.684 bits per heavy atom. The zero-order valence-electron chi connectivity index (χ0n) is 13.9. The molecule has 0 aromatic carbocycles. The van der Waals surface area contributed by atoms with Gasteiger partial charge in [0.25, 0.3) is 0 Å². The van der Waals surface area contributed by atoms with Crippen molar-refractivity contribution in [2.24, 2.45) is 0 Å². The van der Waals surface area contributed by atoms with Gasteiger partial charge in [0.1, 0.15) is 0 Å². The van der Waals surface area contributed by atoms with E-state index in [2.05, 4.69) is 27.7 Å². The average molecular weight is 320 g/mol. The predicted molar refractivity (Wildman–Crippen MR) is 96.2 cm³/mol. The molecule has 0 unspecified atom stereocenters. The summed E-state index contributed by atoms with van der Waals surface area (Å²) in [5, 5.41) is 0. The van der Waals surface area contributed by atoms with Crippen molar-refractivity contribution in [1.82, 2.24) is 0 Å². The fraction of sp³-hybridized carbons (Fsp3) is 1.00. The molecule has 0 aliphatic rings. The van der Waals surface area contributed by atoms with Crippen molar-refractivity contribution in [1.29, 1.82) is 0 Å². The van der Waals surface area contributed by atoms with E-state index in [-0.39, 0.29) is 8.31 Å². The molecular weight excluding hydrogens is 284 g/mol. The maximum atomic E-state index is 7.32. The van der Waals surface area contributed by atoms with E-state index in [0.29, 0.717) is 0 Å². The second kappa shape index (κ2) is 12.5. The first kappa shape index (κ1) is 19.7. The summed E-state index contributed by atoms with van der Waals surface area (Å²) in [6.45, 7) is 7.87. The summed E-state index contributed by atoms with van der Waals surface area (Å²) in [7, 11) is -0.247. The first-order valence-corrected chi connectivity index (χ1v) is 15.0. The van der Waals surface area contributed by atoms with Gasteiger partial charge in [-0.2, -0.15) is 12.1 Å². The minimum atomic E-state index is -1.42. The molecule has 0 aromatic rings. The van der Waals surface area contributed by atoms with Crippen LogP contribution in [0.5, 0.6) is 0 Å². The highest BCUT2D eigenvalue weighted by molar-refractivity contribution is 7.53. The Morgan fingerprint density at radius 3 is 1.37 bits per heavy atom. The van der Waals surface area contributed by atoms with E-state index in [0.717, 1.165) is 0 Å². The van der Waals surface area contributed by atoms with Crippen LogP contribution >= 0.6 is 11.1 Å². The molecule has 0 fully saturated rings. The molecule has 0 spiro atoms. The summed E-state index contributed by atoms with van der Waals surface area (Å²) in [6.07, 6.45) is 11.0. The smallest absolute Gasteiger partial charge is 0.000353 e. The molecule has 19 heavy (non-hydrogen) atoms. The van der Waals surface area contributed by atoms with Crippen molar-refractivity contribution in [3.05, 3.63) is 0 Å². The summed E-state index contributed by atoms with van der Waals surface area (Å²) in [4.78, 5) is 0. The highest BCUT2D eigenvalue weighted by atomic mass is 35.6. The highest BCUT2D eigenvalue weighted by Gasteiger charge is 2.26. The minimum Gasteiger partial charge on any atom is -0.238 e. The van der Waals surface area contributed by atoms with Crippen LogP contribution in [0.15, 0.2) is 0 Å². The summed E-state index contributed by atoms with van der Waals surface area (Å²) in [5.41, 5.74) is 0. The molecular formula is C16H36ClSi2-. The van der Waals surface area contributed by atoms with Gasteiger partial charge < -0.3 is 0 Å². The molecule has 0 N–H and O–H groups in total. The molecule has 0 aliphatic carbocycles. The van der Waals surface area contributed by atoms with Crippen LogP contribution in [0, 0.1) is 0 Å². The third kappa shape index (κ3) is 8.57. The minimum absolute atomic E-state index is 0.247. The van der Waals surface area contributed by atoms with Crippen LogP contribution in [0.25, 0.3) is 0 Å². The molecule has 0 amide bonds. The Labute approximate surface area is 129 Å². The van der Waals surface area contributed by atoms with E-state index in [1.54, 1.807) is 0 Å². The number of hydrogen-bond acceptors (Lipinski definition) is 0. The highest BCUT2D eigenvalue weighted by Crippen LogP contribution is 2.33. The van der Waals surface area contributed by atoms with Crippen molar-refractivity contribution in [2.45, 2.75) is 103 Å². The maximum absolute atomic E-state index is 7.32. The zero-order chi connectivity index (χ0) is 14.6. The Bertz CT molecular complexity index is 181. The topological polar surface area (TPSA) is 0 Å². The van der Waals surface area contributed by atoms with Crippen molar-refractivity contribution in [2.75, 3.05) is 0 Å². The molecule has 0 rings (SSSR count). The van der Waals surface area contributed by atoms with Crippen LogP contribution in [-0.4, -0.2) is 15.2 Å². The standard InChI is InChI=1S/C16H36ClSi2/c1-5-9-13-18(14-10-6-2)19(17,15-11-7-3)16-12-8-4/h5-16H2,1-4H3/q-1. The fourth-order valence-electron chi connectivity index (χ4n) is 2.75. The number of unbranched alkanes of at least 4 members (excludes halogenated alkanes) is 4. The molecule has 0 saturated heterocycles. The molecule has 0 aliphatic heterocycles. The molecule has 0 heterocycles. The number of hydrogen-bond donors (Lipinski definition) is 0. The van der Waals surface area contributed by atoms with Crippen molar-refractivity contribution in [3.63, 3.8) is 0 Å². The lowest BCUT2D eigenvalue weighted by Crippen LogP contribution is -2.46. The molecule has 3 heteroatoms. The second-order valence-electron chi connectivity index (χ2n) is 5.98. The SMILES string of the molecule is CCCC[Si-](CCCC)[Si](Cl)(CCCC)CCCC. The summed E-state index contributed by atoms with van der Waals surface area (Å²) < 4.78 is 0. The molecule has 0 nitrogen and oxygen atoms in total. The zero-order valence-corrected chi connectivity index (χ0v) is 16.6. The summed E-state index contributed by atoms with van der Waals surface area (Å²) in [5.74, 6) is 0. The average Bonchev–Trinajstić information content (AvgIpc) is 2.43. The van der Waals surface area contributed by atoms with E-state index in [1.165, 1.54) is 75.5 Å². The number of halogens is 1. The van der Waals surface area contributed by atoms with Gasteiger partial charge in [-0.25, -0.2) is 19.4 Å². The second-order valence-corrected chi connectivity index (χ2v) is 19.2. The van der Waals surface area contributed by atoms with Crippen LogP contribution in [-0.2, 0) is 0 Å². The van der Waals surface area contributed by atoms with Crippen molar-refractivity contribution < 1.29 is 0 Å². The Kier molecular flexibility index (Phi) is 12.9. The lowest BCUT2D eigenvalue weighted by Gasteiger charge is -2.45. The molecule has 0 radical (unpaired) electrons. The van der Waals surface area contributed by atoms with E-state index in [9.17, 15) is 0 Å². The van der Waals surface area contributed by atoms with Crippen molar-refractivity contribution >= 4 is 26.3 Å². The first-order valence-electron chi connectivity index (χ1n) is 8.68. The van der Waals surface area contributed by atoms with E-state index < -0.39 is 6.90 Å².